The average molecular weight is 267 g/mol. The van der Waals surface area contributed by atoms with Crippen LogP contribution in [0.15, 0.2) is 30.3 Å². The van der Waals surface area contributed by atoms with E-state index in [1.54, 1.807) is 24.3 Å². The van der Waals surface area contributed by atoms with Crippen molar-refractivity contribution in [2.24, 2.45) is 0 Å². The quantitative estimate of drug-likeness (QED) is 0.798. The van der Waals surface area contributed by atoms with E-state index in [2.05, 4.69) is 10.3 Å². The number of hydrogen-bond acceptors (Lipinski definition) is 4. The van der Waals surface area contributed by atoms with Crippen molar-refractivity contribution in [3.8, 4) is 0 Å². The van der Waals surface area contributed by atoms with Crippen molar-refractivity contribution in [2.45, 2.75) is 6.54 Å². The fourth-order valence-corrected chi connectivity index (χ4v) is 1.63. The lowest BCUT2D eigenvalue weighted by atomic mass is 10.2. The van der Waals surface area contributed by atoms with Crippen LogP contribution in [0.2, 0.25) is 5.02 Å². The minimum atomic E-state index is -0.435. The molecule has 0 amide bonds. The van der Waals surface area contributed by atoms with Crippen molar-refractivity contribution >= 4 is 28.9 Å². The summed E-state index contributed by atoms with van der Waals surface area (Å²) in [6, 6.07) is 7.92. The molecule has 1 heterocycles. The first kappa shape index (κ1) is 12.4. The van der Waals surface area contributed by atoms with Gasteiger partial charge in [-0.2, -0.15) is 0 Å². The Balaban J connectivity index is 2.06. The number of pyridine rings is 1. The molecule has 5 N–H and O–H groups in total. The normalized spacial score (nSPS) is 10.3. The predicted octanol–water partition coefficient (Wildman–Crippen LogP) is 2.65. The van der Waals surface area contributed by atoms with Crippen LogP contribution in [0.25, 0.3) is 0 Å². The maximum absolute atomic E-state index is 13.0. The number of anilines is 3. The Morgan fingerprint density at radius 1 is 1.22 bits per heavy atom. The van der Waals surface area contributed by atoms with E-state index in [9.17, 15) is 4.39 Å². The molecule has 0 unspecified atom stereocenters. The fraction of sp³-hybridized carbons (Fsp3) is 0.0833. The Hall–Kier alpha value is -2.01. The Morgan fingerprint density at radius 3 is 2.67 bits per heavy atom. The first-order valence-electron chi connectivity index (χ1n) is 5.26. The number of aromatic nitrogens is 1. The third-order valence-corrected chi connectivity index (χ3v) is 2.70. The van der Waals surface area contributed by atoms with Gasteiger partial charge in [-0.25, -0.2) is 9.37 Å². The lowest BCUT2D eigenvalue weighted by molar-refractivity contribution is 0.627. The molecule has 4 nitrogen and oxygen atoms in total. The van der Waals surface area contributed by atoms with E-state index < -0.39 is 5.82 Å². The van der Waals surface area contributed by atoms with Gasteiger partial charge in [-0.05, 0) is 29.8 Å². The molecule has 94 valence electrons. The number of rotatable bonds is 3. The van der Waals surface area contributed by atoms with Crippen molar-refractivity contribution in [3.05, 3.63) is 46.7 Å². The van der Waals surface area contributed by atoms with Gasteiger partial charge in [-0.1, -0.05) is 17.7 Å². The molecule has 0 radical (unpaired) electrons. The highest BCUT2D eigenvalue weighted by molar-refractivity contribution is 6.30. The number of hydrogen-bond donors (Lipinski definition) is 3. The van der Waals surface area contributed by atoms with Crippen LogP contribution >= 0.6 is 11.6 Å². The number of nitrogen functional groups attached to an aromatic ring is 2. The molecule has 1 aromatic heterocycles. The molecular formula is C12H12ClFN4. The Bertz CT molecular complexity index is 522. The first-order valence-corrected chi connectivity index (χ1v) is 5.64. The van der Waals surface area contributed by atoms with E-state index >= 15 is 0 Å². The van der Waals surface area contributed by atoms with Crippen molar-refractivity contribution < 1.29 is 4.39 Å². The Morgan fingerprint density at radius 2 is 2.00 bits per heavy atom. The molecular weight excluding hydrogens is 255 g/mol. The summed E-state index contributed by atoms with van der Waals surface area (Å²) in [5, 5.41) is 3.14. The maximum atomic E-state index is 13.0. The van der Waals surface area contributed by atoms with Gasteiger partial charge >= 0.3 is 0 Å². The summed E-state index contributed by atoms with van der Waals surface area (Å²) in [6.45, 7) is 0.469. The number of nitrogens with two attached hydrogens (primary N) is 2. The molecule has 2 rings (SSSR count). The van der Waals surface area contributed by atoms with Gasteiger partial charge in [0, 0.05) is 6.54 Å². The first-order chi connectivity index (χ1) is 8.56. The lowest BCUT2D eigenvalue weighted by Crippen LogP contribution is -2.04. The number of benzene rings is 1. The molecule has 0 fully saturated rings. The second-order valence-corrected chi connectivity index (χ2v) is 4.18. The highest BCUT2D eigenvalue weighted by Crippen LogP contribution is 2.18. The van der Waals surface area contributed by atoms with E-state index in [4.69, 9.17) is 23.1 Å². The third-order valence-electron chi connectivity index (χ3n) is 2.42. The maximum Gasteiger partial charge on any atom is 0.149 e. The van der Waals surface area contributed by atoms with E-state index in [1.807, 2.05) is 0 Å². The minimum Gasteiger partial charge on any atom is -0.396 e. The molecule has 0 aliphatic heterocycles. The summed E-state index contributed by atoms with van der Waals surface area (Å²) in [5.74, 6) is 0.439. The molecule has 0 aliphatic rings. The van der Waals surface area contributed by atoms with Crippen LogP contribution in [0.3, 0.4) is 0 Å². The monoisotopic (exact) mass is 266 g/mol. The SMILES string of the molecule is Nc1ccc(NCc2ccc(F)c(Cl)c2)nc1N. The van der Waals surface area contributed by atoms with Crippen LogP contribution in [-0.4, -0.2) is 4.98 Å². The third kappa shape index (κ3) is 2.81. The molecule has 0 spiro atoms. The van der Waals surface area contributed by atoms with Crippen molar-refractivity contribution in [1.82, 2.24) is 4.98 Å². The predicted molar refractivity (Wildman–Crippen MR) is 71.8 cm³/mol. The molecule has 2 aromatic rings. The van der Waals surface area contributed by atoms with Gasteiger partial charge in [0.15, 0.2) is 0 Å². The molecule has 6 heteroatoms. The largest absolute Gasteiger partial charge is 0.396 e. The fourth-order valence-electron chi connectivity index (χ4n) is 1.43. The number of nitrogens with one attached hydrogen (secondary N) is 1. The Kier molecular flexibility index (Phi) is 3.53. The van der Waals surface area contributed by atoms with Gasteiger partial charge in [-0.3, -0.25) is 0 Å². The van der Waals surface area contributed by atoms with Gasteiger partial charge < -0.3 is 16.8 Å². The average Bonchev–Trinajstić information content (AvgIpc) is 2.35. The zero-order chi connectivity index (χ0) is 13.1. The summed E-state index contributed by atoms with van der Waals surface area (Å²) in [4.78, 5) is 4.06. The lowest BCUT2D eigenvalue weighted by Gasteiger charge is -2.08. The summed E-state index contributed by atoms with van der Waals surface area (Å²) in [6.07, 6.45) is 0. The molecule has 0 saturated heterocycles. The van der Waals surface area contributed by atoms with Crippen LogP contribution in [0.1, 0.15) is 5.56 Å². The van der Waals surface area contributed by atoms with E-state index in [1.165, 1.54) is 6.07 Å². The van der Waals surface area contributed by atoms with Crippen molar-refractivity contribution in [1.29, 1.82) is 0 Å². The smallest absolute Gasteiger partial charge is 0.149 e. The van der Waals surface area contributed by atoms with Crippen LogP contribution in [-0.2, 0) is 6.54 Å². The van der Waals surface area contributed by atoms with Gasteiger partial charge in [0.1, 0.15) is 17.5 Å². The van der Waals surface area contributed by atoms with Crippen LogP contribution in [0.5, 0.6) is 0 Å². The summed E-state index contributed by atoms with van der Waals surface area (Å²) < 4.78 is 13.0. The minimum absolute atomic E-state index is 0.0964. The second kappa shape index (κ2) is 5.10. The molecule has 0 bridgehead atoms. The zero-order valence-corrected chi connectivity index (χ0v) is 10.2. The van der Waals surface area contributed by atoms with E-state index in [0.717, 1.165) is 5.56 Å². The zero-order valence-electron chi connectivity index (χ0n) is 9.45. The standard InChI is InChI=1S/C12H12ClFN4/c13-8-5-7(1-2-9(8)14)6-17-11-4-3-10(15)12(16)18-11/h1-5H,6,15H2,(H3,16,17,18). The van der Waals surface area contributed by atoms with Gasteiger partial charge in [-0.15, -0.1) is 0 Å². The summed E-state index contributed by atoms with van der Waals surface area (Å²) in [5.41, 5.74) is 12.4. The molecule has 1 aromatic carbocycles. The van der Waals surface area contributed by atoms with Crippen molar-refractivity contribution in [2.75, 3.05) is 16.8 Å². The highest BCUT2D eigenvalue weighted by atomic mass is 35.5. The van der Waals surface area contributed by atoms with Crippen molar-refractivity contribution in [3.63, 3.8) is 0 Å². The van der Waals surface area contributed by atoms with Gasteiger partial charge in [0.05, 0.1) is 10.7 Å². The van der Waals surface area contributed by atoms with Gasteiger partial charge in [0.2, 0.25) is 0 Å². The van der Waals surface area contributed by atoms with Gasteiger partial charge in [0.25, 0.3) is 0 Å². The number of halogens is 2. The highest BCUT2D eigenvalue weighted by Gasteiger charge is 2.02. The van der Waals surface area contributed by atoms with E-state index in [0.29, 0.717) is 18.1 Å². The van der Waals surface area contributed by atoms with E-state index in [-0.39, 0.29) is 10.8 Å². The van der Waals surface area contributed by atoms with Crippen LogP contribution in [0, 0.1) is 5.82 Å². The van der Waals surface area contributed by atoms with Crippen LogP contribution < -0.4 is 16.8 Å². The summed E-state index contributed by atoms with van der Waals surface area (Å²) in [7, 11) is 0. The molecule has 0 saturated carbocycles. The Labute approximate surface area is 109 Å². The second-order valence-electron chi connectivity index (χ2n) is 3.77. The summed E-state index contributed by atoms with van der Waals surface area (Å²) >= 11 is 5.69. The topological polar surface area (TPSA) is 77.0 Å². The molecule has 18 heavy (non-hydrogen) atoms. The molecule has 0 aliphatic carbocycles. The van der Waals surface area contributed by atoms with Crippen LogP contribution in [0.4, 0.5) is 21.7 Å². The molecule has 0 atom stereocenters. The number of nitrogens with zero attached hydrogens (tertiary/aromatic N) is 1.